The third-order valence-corrected chi connectivity index (χ3v) is 3.95. The first-order valence-electron chi connectivity index (χ1n) is 5.41. The van der Waals surface area contributed by atoms with Gasteiger partial charge in [0.25, 0.3) is 5.82 Å². The second-order valence-electron chi connectivity index (χ2n) is 3.42. The van der Waals surface area contributed by atoms with Gasteiger partial charge in [-0.15, -0.1) is 0 Å². The van der Waals surface area contributed by atoms with E-state index in [-0.39, 0.29) is 0 Å². The summed E-state index contributed by atoms with van der Waals surface area (Å²) >= 11 is 3.91. The molecule has 86 valence electrons. The molecule has 0 aromatic carbocycles. The summed E-state index contributed by atoms with van der Waals surface area (Å²) < 4.78 is 4.69. The first-order valence-corrected chi connectivity index (χ1v) is 7.96. The molecule has 0 saturated heterocycles. The van der Waals surface area contributed by atoms with Gasteiger partial charge < -0.3 is 0 Å². The van der Waals surface area contributed by atoms with Gasteiger partial charge in [-0.05, 0) is 12.0 Å². The summed E-state index contributed by atoms with van der Waals surface area (Å²) in [6.07, 6.45) is 6.55. The van der Waals surface area contributed by atoms with Crippen LogP contribution >= 0.6 is 23.5 Å². The number of imidazole rings is 1. The largest absolute Gasteiger partial charge is 0.253 e. The third-order valence-electron chi connectivity index (χ3n) is 2.47. The third kappa shape index (κ3) is 4.11. The summed E-state index contributed by atoms with van der Waals surface area (Å²) in [4.78, 5) is 0. The van der Waals surface area contributed by atoms with Crippen LogP contribution in [0.4, 0.5) is 0 Å². The second kappa shape index (κ2) is 7.23. The molecule has 0 aliphatic heterocycles. The van der Waals surface area contributed by atoms with Crippen LogP contribution in [0.5, 0.6) is 0 Å². The maximum atomic E-state index is 2.35. The molecule has 0 spiro atoms. The van der Waals surface area contributed by atoms with E-state index >= 15 is 0 Å². The maximum absolute atomic E-state index is 2.35. The fourth-order valence-electron chi connectivity index (χ4n) is 1.51. The van der Waals surface area contributed by atoms with Crippen molar-refractivity contribution in [3.8, 4) is 0 Å². The van der Waals surface area contributed by atoms with Crippen molar-refractivity contribution in [2.24, 2.45) is 0 Å². The summed E-state index contributed by atoms with van der Waals surface area (Å²) in [5.41, 5.74) is 0. The van der Waals surface area contributed by atoms with Crippen LogP contribution in [-0.4, -0.2) is 28.1 Å². The van der Waals surface area contributed by atoms with Gasteiger partial charge in [0.2, 0.25) is 0 Å². The van der Waals surface area contributed by atoms with E-state index in [0.29, 0.717) is 0 Å². The van der Waals surface area contributed by atoms with E-state index in [1.54, 1.807) is 0 Å². The maximum Gasteiger partial charge on any atom is 0.253 e. The highest BCUT2D eigenvalue weighted by molar-refractivity contribution is 7.99. The fraction of sp³-hybridized carbons (Fsp3) is 0.727. The molecule has 4 heteroatoms. The summed E-state index contributed by atoms with van der Waals surface area (Å²) in [6.45, 7) is 6.68. The van der Waals surface area contributed by atoms with Crippen molar-refractivity contribution >= 4 is 23.5 Å². The topological polar surface area (TPSA) is 8.81 Å². The Morgan fingerprint density at radius 1 is 1.40 bits per heavy atom. The van der Waals surface area contributed by atoms with Gasteiger partial charge in [-0.1, -0.05) is 6.92 Å². The van der Waals surface area contributed by atoms with Crippen LogP contribution in [0.25, 0.3) is 0 Å². The van der Waals surface area contributed by atoms with Gasteiger partial charge >= 0.3 is 0 Å². The molecule has 0 aliphatic carbocycles. The molecule has 0 aliphatic rings. The van der Waals surface area contributed by atoms with Gasteiger partial charge in [-0.2, -0.15) is 23.5 Å². The predicted octanol–water partition coefficient (Wildman–Crippen LogP) is 2.20. The van der Waals surface area contributed by atoms with Gasteiger partial charge in [0.15, 0.2) is 0 Å². The molecule has 0 amide bonds. The monoisotopic (exact) mass is 245 g/mol. The molecule has 1 rings (SSSR count). The first-order chi connectivity index (χ1) is 7.29. The van der Waals surface area contributed by atoms with Crippen LogP contribution in [0.1, 0.15) is 12.7 Å². The minimum absolute atomic E-state index is 1.13. The quantitative estimate of drug-likeness (QED) is 0.538. The van der Waals surface area contributed by atoms with Crippen molar-refractivity contribution in [1.29, 1.82) is 0 Å². The normalized spacial score (nSPS) is 10.9. The van der Waals surface area contributed by atoms with Crippen molar-refractivity contribution in [2.75, 3.05) is 23.5 Å². The van der Waals surface area contributed by atoms with Gasteiger partial charge in [-0.3, -0.25) is 0 Å². The molecule has 0 bridgehead atoms. The van der Waals surface area contributed by atoms with Crippen molar-refractivity contribution in [2.45, 2.75) is 26.9 Å². The Bertz CT molecular complexity index is 284. The van der Waals surface area contributed by atoms with E-state index in [1.165, 1.54) is 23.1 Å². The Labute approximate surface area is 101 Å². The molecule has 1 aromatic heterocycles. The highest BCUT2D eigenvalue weighted by atomic mass is 32.2. The first kappa shape index (κ1) is 13.0. The Balaban J connectivity index is 2.47. The fourth-order valence-corrected chi connectivity index (χ4v) is 2.50. The SMILES string of the molecule is CCSCC[n+]1ccn(CCSC)c1C. The molecular weight excluding hydrogens is 224 g/mol. The van der Waals surface area contributed by atoms with Crippen molar-refractivity contribution in [1.82, 2.24) is 4.57 Å². The van der Waals surface area contributed by atoms with Crippen LogP contribution in [-0.2, 0) is 13.1 Å². The molecule has 0 radical (unpaired) electrons. The van der Waals surface area contributed by atoms with E-state index < -0.39 is 0 Å². The van der Waals surface area contributed by atoms with Gasteiger partial charge in [0.1, 0.15) is 12.4 Å². The Hall–Kier alpha value is -0.0900. The standard InChI is InChI=1S/C11H21N2S2/c1-4-15-10-8-13-6-5-12(11(13)2)7-9-14-3/h5-6H,4,7-10H2,1-3H3/q+1. The lowest BCUT2D eigenvalue weighted by Gasteiger charge is -2.00. The number of thioether (sulfide) groups is 2. The molecule has 0 fully saturated rings. The molecular formula is C11H21N2S2+. The summed E-state index contributed by atoms with van der Waals surface area (Å²) in [5.74, 6) is 5.00. The zero-order chi connectivity index (χ0) is 11.1. The molecule has 15 heavy (non-hydrogen) atoms. The number of hydrogen-bond acceptors (Lipinski definition) is 2. The highest BCUT2D eigenvalue weighted by Gasteiger charge is 2.10. The minimum Gasteiger partial charge on any atom is -0.234 e. The zero-order valence-electron chi connectivity index (χ0n) is 9.90. The summed E-state index contributed by atoms with van der Waals surface area (Å²) in [7, 11) is 0. The summed E-state index contributed by atoms with van der Waals surface area (Å²) in [5, 5.41) is 0. The lowest BCUT2D eigenvalue weighted by Crippen LogP contribution is -2.36. The van der Waals surface area contributed by atoms with Gasteiger partial charge in [0.05, 0.1) is 13.1 Å². The predicted molar refractivity (Wildman–Crippen MR) is 70.7 cm³/mol. The van der Waals surface area contributed by atoms with E-state index in [1.807, 2.05) is 23.5 Å². The molecule has 0 atom stereocenters. The van der Waals surface area contributed by atoms with Crippen LogP contribution < -0.4 is 4.57 Å². The minimum atomic E-state index is 1.13. The number of hydrogen-bond donors (Lipinski definition) is 0. The van der Waals surface area contributed by atoms with Crippen LogP contribution in [0.2, 0.25) is 0 Å². The number of aromatic nitrogens is 2. The molecule has 2 nitrogen and oxygen atoms in total. The molecule has 0 saturated carbocycles. The molecule has 1 aromatic rings. The van der Waals surface area contributed by atoms with E-state index in [2.05, 4.69) is 41.6 Å². The van der Waals surface area contributed by atoms with Crippen LogP contribution in [0, 0.1) is 6.92 Å². The Morgan fingerprint density at radius 3 is 2.87 bits per heavy atom. The van der Waals surface area contributed by atoms with E-state index in [0.717, 1.165) is 13.1 Å². The van der Waals surface area contributed by atoms with Crippen LogP contribution in [0.15, 0.2) is 12.4 Å². The number of nitrogens with zero attached hydrogens (tertiary/aromatic N) is 2. The average Bonchev–Trinajstić information content (AvgIpc) is 2.58. The van der Waals surface area contributed by atoms with E-state index in [9.17, 15) is 0 Å². The van der Waals surface area contributed by atoms with E-state index in [4.69, 9.17) is 0 Å². The molecule has 0 N–H and O–H groups in total. The van der Waals surface area contributed by atoms with Gasteiger partial charge in [0, 0.05) is 18.4 Å². The highest BCUT2D eigenvalue weighted by Crippen LogP contribution is 2.01. The number of rotatable bonds is 7. The van der Waals surface area contributed by atoms with Crippen molar-refractivity contribution < 1.29 is 4.57 Å². The van der Waals surface area contributed by atoms with Crippen molar-refractivity contribution in [3.05, 3.63) is 18.2 Å². The summed E-state index contributed by atoms with van der Waals surface area (Å²) in [6, 6.07) is 0. The number of aryl methyl sites for hydroxylation is 2. The van der Waals surface area contributed by atoms with Gasteiger partial charge in [-0.25, -0.2) is 9.13 Å². The molecule has 0 unspecified atom stereocenters. The second-order valence-corrected chi connectivity index (χ2v) is 5.80. The lowest BCUT2D eigenvalue weighted by atomic mass is 10.6. The zero-order valence-corrected chi connectivity index (χ0v) is 11.5. The Kier molecular flexibility index (Phi) is 6.25. The smallest absolute Gasteiger partial charge is 0.234 e. The average molecular weight is 245 g/mol. The van der Waals surface area contributed by atoms with Crippen molar-refractivity contribution in [3.63, 3.8) is 0 Å². The van der Waals surface area contributed by atoms with Crippen LogP contribution in [0.3, 0.4) is 0 Å². The lowest BCUT2D eigenvalue weighted by molar-refractivity contribution is -0.698. The Morgan fingerprint density at radius 2 is 2.20 bits per heavy atom. The molecule has 1 heterocycles.